The van der Waals surface area contributed by atoms with Crippen LogP contribution in [-0.2, 0) is 11.2 Å². The molecule has 0 aliphatic heterocycles. The van der Waals surface area contributed by atoms with Gasteiger partial charge < -0.3 is 10.1 Å². The number of amides is 1. The first-order valence-corrected chi connectivity index (χ1v) is 6.88. The Bertz CT molecular complexity index is 598. The summed E-state index contributed by atoms with van der Waals surface area (Å²) >= 11 is 7.49. The first-order valence-electron chi connectivity index (χ1n) is 5.63. The predicted octanol–water partition coefficient (Wildman–Crippen LogP) is 3.29. The second-order valence-electron chi connectivity index (χ2n) is 3.98. The van der Waals surface area contributed by atoms with E-state index in [2.05, 4.69) is 10.3 Å². The minimum atomic E-state index is -0.138. The van der Waals surface area contributed by atoms with Crippen molar-refractivity contribution >= 4 is 34.0 Å². The number of ether oxygens (including phenoxy) is 1. The summed E-state index contributed by atoms with van der Waals surface area (Å²) in [5.41, 5.74) is 1.65. The molecule has 0 fully saturated rings. The number of rotatable bonds is 4. The third kappa shape index (κ3) is 3.68. The molecule has 1 aromatic heterocycles. The van der Waals surface area contributed by atoms with Gasteiger partial charge in [-0.05, 0) is 24.6 Å². The van der Waals surface area contributed by atoms with Crippen LogP contribution in [0.5, 0.6) is 5.75 Å². The van der Waals surface area contributed by atoms with Crippen molar-refractivity contribution in [2.45, 2.75) is 13.3 Å². The summed E-state index contributed by atoms with van der Waals surface area (Å²) in [6.45, 7) is 1.88. The van der Waals surface area contributed by atoms with Gasteiger partial charge in [0.15, 0.2) is 5.13 Å². The quantitative estimate of drug-likeness (QED) is 0.942. The molecule has 0 saturated carbocycles. The Kier molecular flexibility index (Phi) is 4.39. The van der Waals surface area contributed by atoms with Gasteiger partial charge in [0.05, 0.1) is 19.2 Å². The van der Waals surface area contributed by atoms with E-state index in [-0.39, 0.29) is 12.3 Å². The Balaban J connectivity index is 2.02. The fourth-order valence-electron chi connectivity index (χ4n) is 1.55. The van der Waals surface area contributed by atoms with Crippen molar-refractivity contribution in [2.24, 2.45) is 0 Å². The highest BCUT2D eigenvalue weighted by Crippen LogP contribution is 2.23. The lowest BCUT2D eigenvalue weighted by Gasteiger charge is -2.06. The van der Waals surface area contributed by atoms with Crippen LogP contribution in [0.3, 0.4) is 0 Å². The summed E-state index contributed by atoms with van der Waals surface area (Å²) in [4.78, 5) is 16.0. The molecule has 1 aromatic carbocycles. The van der Waals surface area contributed by atoms with Crippen LogP contribution in [0.15, 0.2) is 23.6 Å². The maximum absolute atomic E-state index is 11.9. The summed E-state index contributed by atoms with van der Waals surface area (Å²) < 4.78 is 5.06. The molecular formula is C13H13ClN2O2S. The van der Waals surface area contributed by atoms with Crippen LogP contribution in [0.4, 0.5) is 5.13 Å². The highest BCUT2D eigenvalue weighted by Gasteiger charge is 2.10. The number of hydrogen-bond donors (Lipinski definition) is 1. The number of aromatic nitrogens is 1. The SMILES string of the molecule is COc1ccc(CC(=O)Nc2nc(C)cs2)c(Cl)c1. The number of hydrogen-bond acceptors (Lipinski definition) is 4. The van der Waals surface area contributed by atoms with Gasteiger partial charge in [-0.25, -0.2) is 4.98 Å². The molecule has 0 spiro atoms. The average molecular weight is 297 g/mol. The van der Waals surface area contributed by atoms with E-state index in [0.717, 1.165) is 11.3 Å². The van der Waals surface area contributed by atoms with E-state index in [1.54, 1.807) is 25.3 Å². The van der Waals surface area contributed by atoms with Crippen LogP contribution >= 0.6 is 22.9 Å². The van der Waals surface area contributed by atoms with Crippen molar-refractivity contribution in [3.05, 3.63) is 39.9 Å². The predicted molar refractivity (Wildman–Crippen MR) is 77.2 cm³/mol. The van der Waals surface area contributed by atoms with Gasteiger partial charge >= 0.3 is 0 Å². The Hall–Kier alpha value is -1.59. The number of thiazole rings is 1. The summed E-state index contributed by atoms with van der Waals surface area (Å²) in [6, 6.07) is 5.26. The van der Waals surface area contributed by atoms with Crippen molar-refractivity contribution in [2.75, 3.05) is 12.4 Å². The maximum Gasteiger partial charge on any atom is 0.230 e. The van der Waals surface area contributed by atoms with Crippen molar-refractivity contribution in [3.63, 3.8) is 0 Å². The van der Waals surface area contributed by atoms with Crippen LogP contribution < -0.4 is 10.1 Å². The molecule has 0 aliphatic rings. The van der Waals surface area contributed by atoms with Gasteiger partial charge in [-0.3, -0.25) is 4.79 Å². The second-order valence-corrected chi connectivity index (χ2v) is 5.24. The van der Waals surface area contributed by atoms with Crippen molar-refractivity contribution in [1.29, 1.82) is 0 Å². The molecule has 6 heteroatoms. The molecule has 0 bridgehead atoms. The first-order chi connectivity index (χ1) is 9.08. The van der Waals surface area contributed by atoms with Gasteiger partial charge in [0.2, 0.25) is 5.91 Å². The van der Waals surface area contributed by atoms with Crippen LogP contribution in [0.25, 0.3) is 0 Å². The Morgan fingerprint density at radius 1 is 1.53 bits per heavy atom. The summed E-state index contributed by atoms with van der Waals surface area (Å²) in [6.07, 6.45) is 0.210. The van der Waals surface area contributed by atoms with Gasteiger partial charge in [0.1, 0.15) is 5.75 Å². The molecule has 2 rings (SSSR count). The molecule has 1 N–H and O–H groups in total. The van der Waals surface area contributed by atoms with Crippen LogP contribution in [0.1, 0.15) is 11.3 Å². The van der Waals surface area contributed by atoms with E-state index >= 15 is 0 Å². The average Bonchev–Trinajstić information content (AvgIpc) is 2.77. The zero-order valence-electron chi connectivity index (χ0n) is 10.6. The van der Waals surface area contributed by atoms with E-state index in [0.29, 0.717) is 15.9 Å². The first kappa shape index (κ1) is 13.8. The lowest BCUT2D eigenvalue weighted by atomic mass is 10.1. The molecule has 100 valence electrons. The number of nitrogens with zero attached hydrogens (tertiary/aromatic N) is 1. The van der Waals surface area contributed by atoms with Crippen molar-refractivity contribution in [3.8, 4) is 5.75 Å². The van der Waals surface area contributed by atoms with Crippen LogP contribution in [0.2, 0.25) is 5.02 Å². The molecule has 0 aliphatic carbocycles. The zero-order valence-corrected chi connectivity index (χ0v) is 12.1. The lowest BCUT2D eigenvalue weighted by Crippen LogP contribution is -2.14. The highest BCUT2D eigenvalue weighted by molar-refractivity contribution is 7.13. The zero-order chi connectivity index (χ0) is 13.8. The Morgan fingerprint density at radius 3 is 2.89 bits per heavy atom. The second kappa shape index (κ2) is 6.04. The number of methoxy groups -OCH3 is 1. The molecule has 1 heterocycles. The number of carbonyl (C=O) groups excluding carboxylic acids is 1. The van der Waals surface area contributed by atoms with E-state index < -0.39 is 0 Å². The highest BCUT2D eigenvalue weighted by atomic mass is 35.5. The fraction of sp³-hybridized carbons (Fsp3) is 0.231. The molecule has 0 unspecified atom stereocenters. The lowest BCUT2D eigenvalue weighted by molar-refractivity contribution is -0.115. The third-order valence-corrected chi connectivity index (χ3v) is 3.70. The molecule has 4 nitrogen and oxygen atoms in total. The minimum absolute atomic E-state index is 0.138. The number of benzene rings is 1. The van der Waals surface area contributed by atoms with E-state index in [4.69, 9.17) is 16.3 Å². The molecule has 19 heavy (non-hydrogen) atoms. The van der Waals surface area contributed by atoms with Crippen molar-refractivity contribution < 1.29 is 9.53 Å². The standard InChI is InChI=1S/C13H13ClN2O2S/c1-8-7-19-13(15-8)16-12(17)5-9-3-4-10(18-2)6-11(9)14/h3-4,6-7H,5H2,1-2H3,(H,15,16,17). The summed E-state index contributed by atoms with van der Waals surface area (Å²) in [7, 11) is 1.57. The molecule has 0 saturated heterocycles. The smallest absolute Gasteiger partial charge is 0.230 e. The molecule has 0 atom stereocenters. The third-order valence-electron chi connectivity index (χ3n) is 2.48. The van der Waals surface area contributed by atoms with Gasteiger partial charge in [0.25, 0.3) is 0 Å². The van der Waals surface area contributed by atoms with E-state index in [9.17, 15) is 4.79 Å². The minimum Gasteiger partial charge on any atom is -0.497 e. The van der Waals surface area contributed by atoms with Gasteiger partial charge in [-0.1, -0.05) is 17.7 Å². The Morgan fingerprint density at radius 2 is 2.32 bits per heavy atom. The van der Waals surface area contributed by atoms with E-state index in [1.165, 1.54) is 11.3 Å². The van der Waals surface area contributed by atoms with Crippen LogP contribution in [-0.4, -0.2) is 18.0 Å². The monoisotopic (exact) mass is 296 g/mol. The number of aryl methyl sites for hydroxylation is 1. The molecule has 1 amide bonds. The fourth-order valence-corrected chi connectivity index (χ4v) is 2.49. The largest absolute Gasteiger partial charge is 0.497 e. The number of halogens is 1. The molecular weight excluding hydrogens is 284 g/mol. The normalized spacial score (nSPS) is 10.3. The Labute approximate surface area is 120 Å². The van der Waals surface area contributed by atoms with Gasteiger partial charge in [-0.2, -0.15) is 0 Å². The summed E-state index contributed by atoms with van der Waals surface area (Å²) in [5, 5.41) is 5.75. The number of anilines is 1. The maximum atomic E-state index is 11.9. The molecule has 0 radical (unpaired) electrons. The topological polar surface area (TPSA) is 51.2 Å². The number of nitrogens with one attached hydrogen (secondary N) is 1. The summed E-state index contributed by atoms with van der Waals surface area (Å²) in [5.74, 6) is 0.533. The van der Waals surface area contributed by atoms with Crippen LogP contribution in [0, 0.1) is 6.92 Å². The number of carbonyl (C=O) groups is 1. The van der Waals surface area contributed by atoms with Gasteiger partial charge in [-0.15, -0.1) is 11.3 Å². The van der Waals surface area contributed by atoms with Gasteiger partial charge in [0, 0.05) is 10.4 Å². The van der Waals surface area contributed by atoms with E-state index in [1.807, 2.05) is 12.3 Å². The molecule has 2 aromatic rings. The van der Waals surface area contributed by atoms with Crippen molar-refractivity contribution in [1.82, 2.24) is 4.98 Å².